The summed E-state index contributed by atoms with van der Waals surface area (Å²) in [6.07, 6.45) is 1.54. The van der Waals surface area contributed by atoms with E-state index in [2.05, 4.69) is 25.9 Å². The van der Waals surface area contributed by atoms with Gasteiger partial charge in [0.1, 0.15) is 0 Å². The Morgan fingerprint density at radius 2 is 1.71 bits per heavy atom. The second-order valence-corrected chi connectivity index (χ2v) is 5.56. The van der Waals surface area contributed by atoms with Crippen LogP contribution in [0.2, 0.25) is 0 Å². The third-order valence-corrected chi connectivity index (χ3v) is 3.82. The van der Waals surface area contributed by atoms with Gasteiger partial charge in [-0.25, -0.2) is 14.8 Å². The van der Waals surface area contributed by atoms with Crippen LogP contribution in [0, 0.1) is 0 Å². The molecule has 21 heavy (non-hydrogen) atoms. The molecule has 2 aromatic heterocycles. The molecule has 0 saturated heterocycles. The van der Waals surface area contributed by atoms with E-state index in [1.807, 2.05) is 24.3 Å². The van der Waals surface area contributed by atoms with Crippen LogP contribution in [0.3, 0.4) is 0 Å². The standard InChI is InChI=1S/C14H11BrN4O2/c1-18-12-11(13(20)19(2)14(18)21)16-7-10(17-12)8-3-5-9(15)6-4-8/h3-7H,1-2H3. The lowest BCUT2D eigenvalue weighted by atomic mass is 10.2. The molecular weight excluding hydrogens is 336 g/mol. The first-order valence-corrected chi connectivity index (χ1v) is 6.97. The number of nitrogens with zero attached hydrogens (tertiary/aromatic N) is 4. The van der Waals surface area contributed by atoms with E-state index in [9.17, 15) is 9.59 Å². The van der Waals surface area contributed by atoms with Crippen LogP contribution in [0.4, 0.5) is 0 Å². The first-order valence-electron chi connectivity index (χ1n) is 6.18. The van der Waals surface area contributed by atoms with Gasteiger partial charge in [0.25, 0.3) is 5.56 Å². The smallest absolute Gasteiger partial charge is 0.279 e. The number of halogens is 1. The van der Waals surface area contributed by atoms with Crippen molar-refractivity contribution < 1.29 is 0 Å². The van der Waals surface area contributed by atoms with Gasteiger partial charge >= 0.3 is 5.69 Å². The molecule has 0 spiro atoms. The lowest BCUT2D eigenvalue weighted by Gasteiger charge is -2.07. The summed E-state index contributed by atoms with van der Waals surface area (Å²) in [6.45, 7) is 0. The van der Waals surface area contributed by atoms with Crippen molar-refractivity contribution in [2.75, 3.05) is 0 Å². The number of hydrogen-bond donors (Lipinski definition) is 0. The second-order valence-electron chi connectivity index (χ2n) is 4.64. The summed E-state index contributed by atoms with van der Waals surface area (Å²) in [5.41, 5.74) is 1.07. The minimum atomic E-state index is -0.442. The molecule has 0 fully saturated rings. The first kappa shape index (κ1) is 13.7. The molecule has 0 amide bonds. The minimum absolute atomic E-state index is 0.181. The summed E-state index contributed by atoms with van der Waals surface area (Å²) in [5, 5.41) is 0. The summed E-state index contributed by atoms with van der Waals surface area (Å²) in [5.74, 6) is 0. The van der Waals surface area contributed by atoms with Crippen LogP contribution in [0.1, 0.15) is 0 Å². The van der Waals surface area contributed by atoms with Crippen molar-refractivity contribution in [1.82, 2.24) is 19.1 Å². The van der Waals surface area contributed by atoms with Gasteiger partial charge in [0.15, 0.2) is 11.2 Å². The van der Waals surface area contributed by atoms with E-state index >= 15 is 0 Å². The third kappa shape index (κ3) is 2.19. The molecule has 0 aliphatic carbocycles. The van der Waals surface area contributed by atoms with Crippen LogP contribution in [-0.2, 0) is 14.1 Å². The van der Waals surface area contributed by atoms with E-state index in [1.165, 1.54) is 17.8 Å². The van der Waals surface area contributed by atoms with Gasteiger partial charge in [0.05, 0.1) is 11.9 Å². The van der Waals surface area contributed by atoms with Crippen molar-refractivity contribution in [3.8, 4) is 11.3 Å². The highest BCUT2D eigenvalue weighted by atomic mass is 79.9. The molecule has 3 aromatic rings. The Morgan fingerprint density at radius 1 is 1.05 bits per heavy atom. The molecule has 0 aliphatic heterocycles. The van der Waals surface area contributed by atoms with Gasteiger partial charge in [-0.05, 0) is 12.1 Å². The molecule has 0 N–H and O–H groups in total. The fourth-order valence-electron chi connectivity index (χ4n) is 2.09. The number of aryl methyl sites for hydroxylation is 1. The number of fused-ring (bicyclic) bond motifs is 1. The molecule has 2 heterocycles. The molecule has 1 aromatic carbocycles. The van der Waals surface area contributed by atoms with Crippen molar-refractivity contribution >= 4 is 27.1 Å². The molecular formula is C14H11BrN4O2. The SMILES string of the molecule is Cn1c(=O)c2ncc(-c3ccc(Br)cc3)nc2n(C)c1=O. The lowest BCUT2D eigenvalue weighted by Crippen LogP contribution is -2.37. The molecule has 0 saturated carbocycles. The normalized spacial score (nSPS) is 11.0. The monoisotopic (exact) mass is 346 g/mol. The largest absolute Gasteiger partial charge is 0.332 e. The molecule has 7 heteroatoms. The summed E-state index contributed by atoms with van der Waals surface area (Å²) in [4.78, 5) is 32.6. The number of aromatic nitrogens is 4. The molecule has 0 bridgehead atoms. The summed E-state index contributed by atoms with van der Waals surface area (Å²) < 4.78 is 3.31. The summed E-state index contributed by atoms with van der Waals surface area (Å²) in [6, 6.07) is 7.56. The average Bonchev–Trinajstić information content (AvgIpc) is 2.51. The van der Waals surface area contributed by atoms with Gasteiger partial charge in [-0.3, -0.25) is 13.9 Å². The molecule has 6 nitrogen and oxygen atoms in total. The predicted molar refractivity (Wildman–Crippen MR) is 83.2 cm³/mol. The average molecular weight is 347 g/mol. The zero-order chi connectivity index (χ0) is 15.1. The van der Waals surface area contributed by atoms with Gasteiger partial charge in [-0.2, -0.15) is 0 Å². The van der Waals surface area contributed by atoms with Crippen LogP contribution in [-0.4, -0.2) is 19.1 Å². The maximum absolute atomic E-state index is 12.0. The van der Waals surface area contributed by atoms with Crippen molar-refractivity contribution in [3.63, 3.8) is 0 Å². The number of benzene rings is 1. The van der Waals surface area contributed by atoms with Gasteiger partial charge < -0.3 is 0 Å². The van der Waals surface area contributed by atoms with E-state index in [-0.39, 0.29) is 11.2 Å². The van der Waals surface area contributed by atoms with Crippen LogP contribution in [0.5, 0.6) is 0 Å². The van der Waals surface area contributed by atoms with Gasteiger partial charge in [-0.15, -0.1) is 0 Å². The zero-order valence-corrected chi connectivity index (χ0v) is 13.0. The quantitative estimate of drug-likeness (QED) is 0.668. The summed E-state index contributed by atoms with van der Waals surface area (Å²) >= 11 is 3.37. The number of hydrogen-bond acceptors (Lipinski definition) is 4. The number of rotatable bonds is 1. The van der Waals surface area contributed by atoms with E-state index in [1.54, 1.807) is 7.05 Å². The van der Waals surface area contributed by atoms with Gasteiger partial charge in [-0.1, -0.05) is 28.1 Å². The minimum Gasteiger partial charge on any atom is -0.279 e. The summed E-state index contributed by atoms with van der Waals surface area (Å²) in [7, 11) is 3.00. The molecule has 106 valence electrons. The van der Waals surface area contributed by atoms with E-state index in [0.29, 0.717) is 5.69 Å². The molecule has 0 atom stereocenters. The zero-order valence-electron chi connectivity index (χ0n) is 11.4. The second kappa shape index (κ2) is 4.92. The molecule has 0 unspecified atom stereocenters. The Bertz CT molecular complexity index is 958. The lowest BCUT2D eigenvalue weighted by molar-refractivity contribution is 0.704. The van der Waals surface area contributed by atoms with E-state index < -0.39 is 11.2 Å². The van der Waals surface area contributed by atoms with E-state index in [4.69, 9.17) is 0 Å². The molecule has 0 aliphatic rings. The Hall–Kier alpha value is -2.28. The van der Waals surface area contributed by atoms with Crippen LogP contribution >= 0.6 is 15.9 Å². The third-order valence-electron chi connectivity index (χ3n) is 3.29. The fourth-order valence-corrected chi connectivity index (χ4v) is 2.35. The first-order chi connectivity index (χ1) is 9.99. The van der Waals surface area contributed by atoms with Crippen LogP contribution in [0.25, 0.3) is 22.4 Å². The van der Waals surface area contributed by atoms with Gasteiger partial charge in [0.2, 0.25) is 0 Å². The van der Waals surface area contributed by atoms with Crippen LogP contribution < -0.4 is 11.2 Å². The van der Waals surface area contributed by atoms with E-state index in [0.717, 1.165) is 14.6 Å². The molecule has 0 radical (unpaired) electrons. The van der Waals surface area contributed by atoms with Crippen molar-refractivity contribution in [1.29, 1.82) is 0 Å². The van der Waals surface area contributed by atoms with Crippen molar-refractivity contribution in [3.05, 3.63) is 55.8 Å². The van der Waals surface area contributed by atoms with Crippen LogP contribution in [0.15, 0.2) is 44.5 Å². The van der Waals surface area contributed by atoms with Crippen molar-refractivity contribution in [2.24, 2.45) is 14.1 Å². The van der Waals surface area contributed by atoms with Crippen molar-refractivity contribution in [2.45, 2.75) is 0 Å². The Labute approximate surface area is 127 Å². The highest BCUT2D eigenvalue weighted by Gasteiger charge is 2.12. The highest BCUT2D eigenvalue weighted by molar-refractivity contribution is 9.10. The predicted octanol–water partition coefficient (Wildman–Crippen LogP) is 1.46. The maximum Gasteiger partial charge on any atom is 0.332 e. The molecule has 3 rings (SSSR count). The Balaban J connectivity index is 2.33. The fraction of sp³-hybridized carbons (Fsp3) is 0.143. The topological polar surface area (TPSA) is 69.8 Å². The highest BCUT2D eigenvalue weighted by Crippen LogP contribution is 2.20. The Kier molecular flexibility index (Phi) is 3.21. The van der Waals surface area contributed by atoms with Gasteiger partial charge in [0, 0.05) is 24.1 Å². The Morgan fingerprint density at radius 3 is 2.38 bits per heavy atom. The maximum atomic E-state index is 12.0.